The van der Waals surface area contributed by atoms with Crippen molar-refractivity contribution >= 4 is 0 Å². The minimum absolute atomic E-state index is 0.777. The lowest BCUT2D eigenvalue weighted by atomic mass is 10.4. The molecule has 0 saturated carbocycles. The predicted molar refractivity (Wildman–Crippen MR) is 64.3 cm³/mol. The zero-order valence-electron chi connectivity index (χ0n) is 10.3. The van der Waals surface area contributed by atoms with E-state index in [1.54, 1.807) is 0 Å². The Bertz CT molecular complexity index is 458. The van der Waals surface area contributed by atoms with Crippen molar-refractivity contribution in [1.29, 1.82) is 0 Å². The van der Waals surface area contributed by atoms with Crippen molar-refractivity contribution in [2.75, 3.05) is 6.54 Å². The fraction of sp³-hybridized carbons (Fsp3) is 0.545. The zero-order valence-corrected chi connectivity index (χ0v) is 10.3. The normalized spacial score (nSPS) is 10.9. The third-order valence-electron chi connectivity index (χ3n) is 2.63. The molecule has 6 heteroatoms. The van der Waals surface area contributed by atoms with Gasteiger partial charge in [0.25, 0.3) is 0 Å². The van der Waals surface area contributed by atoms with Crippen LogP contribution >= 0.6 is 0 Å². The Hall–Kier alpha value is -1.69. The Morgan fingerprint density at radius 3 is 3.00 bits per heavy atom. The zero-order chi connectivity index (χ0) is 12.1. The second kappa shape index (κ2) is 5.58. The minimum Gasteiger partial charge on any atom is -0.338 e. The fourth-order valence-corrected chi connectivity index (χ4v) is 1.63. The molecule has 0 saturated heterocycles. The van der Waals surface area contributed by atoms with E-state index in [-0.39, 0.29) is 0 Å². The molecule has 0 aliphatic rings. The van der Waals surface area contributed by atoms with E-state index < -0.39 is 0 Å². The average Bonchev–Trinajstić information content (AvgIpc) is 2.93. The van der Waals surface area contributed by atoms with Crippen molar-refractivity contribution < 1.29 is 0 Å². The standard InChI is InChI=1S/C11H18N6/c1-3-12-8-10-9-17(15-14-10)6-4-11-13-5-7-16(11)2/h5,7,9,12H,3-4,6,8H2,1-2H3. The first-order valence-corrected chi connectivity index (χ1v) is 5.85. The van der Waals surface area contributed by atoms with Gasteiger partial charge in [0.15, 0.2) is 0 Å². The molecule has 0 spiro atoms. The molecule has 0 atom stereocenters. The Labute approximate surface area is 101 Å². The van der Waals surface area contributed by atoms with Gasteiger partial charge in [-0.05, 0) is 6.54 Å². The number of hydrogen-bond donors (Lipinski definition) is 1. The van der Waals surface area contributed by atoms with Crippen LogP contribution in [0.25, 0.3) is 0 Å². The lowest BCUT2D eigenvalue weighted by Crippen LogP contribution is -2.11. The van der Waals surface area contributed by atoms with Gasteiger partial charge in [0, 0.05) is 45.1 Å². The summed E-state index contributed by atoms with van der Waals surface area (Å²) in [6.07, 6.45) is 6.61. The molecule has 0 unspecified atom stereocenters. The number of imidazole rings is 1. The molecule has 2 rings (SSSR count). The average molecular weight is 234 g/mol. The molecule has 92 valence electrons. The van der Waals surface area contributed by atoms with Crippen molar-refractivity contribution in [2.24, 2.45) is 7.05 Å². The van der Waals surface area contributed by atoms with Crippen LogP contribution < -0.4 is 5.32 Å². The molecular formula is C11H18N6. The van der Waals surface area contributed by atoms with Crippen LogP contribution in [0.2, 0.25) is 0 Å². The van der Waals surface area contributed by atoms with E-state index in [1.807, 2.05) is 34.9 Å². The quantitative estimate of drug-likeness (QED) is 0.784. The van der Waals surface area contributed by atoms with Crippen LogP contribution in [0.4, 0.5) is 0 Å². The number of nitrogens with zero attached hydrogens (tertiary/aromatic N) is 5. The molecule has 2 aromatic heterocycles. The monoisotopic (exact) mass is 234 g/mol. The molecule has 0 radical (unpaired) electrons. The molecule has 1 N–H and O–H groups in total. The van der Waals surface area contributed by atoms with Gasteiger partial charge in [-0.1, -0.05) is 12.1 Å². The largest absolute Gasteiger partial charge is 0.338 e. The van der Waals surface area contributed by atoms with Crippen LogP contribution in [0.5, 0.6) is 0 Å². The van der Waals surface area contributed by atoms with Crippen LogP contribution in [0, 0.1) is 0 Å². The van der Waals surface area contributed by atoms with Gasteiger partial charge >= 0.3 is 0 Å². The lowest BCUT2D eigenvalue weighted by Gasteiger charge is -2.01. The number of rotatable bonds is 6. The first-order chi connectivity index (χ1) is 8.29. The van der Waals surface area contributed by atoms with E-state index in [1.165, 1.54) is 0 Å². The highest BCUT2D eigenvalue weighted by Crippen LogP contribution is 1.99. The summed E-state index contributed by atoms with van der Waals surface area (Å²) < 4.78 is 3.89. The maximum Gasteiger partial charge on any atom is 0.110 e. The van der Waals surface area contributed by atoms with E-state index in [9.17, 15) is 0 Å². The Morgan fingerprint density at radius 2 is 2.29 bits per heavy atom. The summed E-state index contributed by atoms with van der Waals surface area (Å²) in [5, 5.41) is 11.4. The smallest absolute Gasteiger partial charge is 0.110 e. The molecule has 2 aromatic rings. The Kier molecular flexibility index (Phi) is 3.87. The molecule has 17 heavy (non-hydrogen) atoms. The predicted octanol–water partition coefficient (Wildman–Crippen LogP) is 0.364. The Morgan fingerprint density at radius 1 is 1.41 bits per heavy atom. The van der Waals surface area contributed by atoms with E-state index in [4.69, 9.17) is 0 Å². The first kappa shape index (κ1) is 11.8. The maximum atomic E-state index is 4.28. The summed E-state index contributed by atoms with van der Waals surface area (Å²) in [5.74, 6) is 1.06. The van der Waals surface area contributed by atoms with Gasteiger partial charge in [0.05, 0.1) is 5.69 Å². The minimum atomic E-state index is 0.777. The van der Waals surface area contributed by atoms with Crippen LogP contribution in [0.15, 0.2) is 18.6 Å². The van der Waals surface area contributed by atoms with Gasteiger partial charge in [-0.2, -0.15) is 0 Å². The third-order valence-corrected chi connectivity index (χ3v) is 2.63. The second-order valence-corrected chi connectivity index (χ2v) is 3.96. The highest BCUT2D eigenvalue weighted by Gasteiger charge is 2.02. The van der Waals surface area contributed by atoms with Gasteiger partial charge < -0.3 is 9.88 Å². The number of nitrogens with one attached hydrogen (secondary N) is 1. The van der Waals surface area contributed by atoms with Crippen molar-refractivity contribution in [1.82, 2.24) is 29.9 Å². The van der Waals surface area contributed by atoms with Gasteiger partial charge in [-0.15, -0.1) is 5.10 Å². The number of hydrogen-bond acceptors (Lipinski definition) is 4. The molecule has 0 aliphatic heterocycles. The molecule has 0 bridgehead atoms. The molecule has 0 aliphatic carbocycles. The van der Waals surface area contributed by atoms with Crippen LogP contribution in [0.3, 0.4) is 0 Å². The summed E-state index contributed by atoms with van der Waals surface area (Å²) in [4.78, 5) is 4.28. The van der Waals surface area contributed by atoms with E-state index >= 15 is 0 Å². The number of aryl methyl sites for hydroxylation is 3. The van der Waals surface area contributed by atoms with Crippen LogP contribution in [-0.2, 0) is 26.6 Å². The topological polar surface area (TPSA) is 60.6 Å². The molecule has 0 fully saturated rings. The first-order valence-electron chi connectivity index (χ1n) is 5.85. The summed E-state index contributed by atoms with van der Waals surface area (Å²) in [6, 6.07) is 0. The van der Waals surface area contributed by atoms with Gasteiger partial charge in [-0.25, -0.2) is 4.98 Å². The maximum absolute atomic E-state index is 4.28. The molecule has 0 amide bonds. The summed E-state index contributed by atoms with van der Waals surface area (Å²) in [5.41, 5.74) is 0.978. The van der Waals surface area contributed by atoms with Crippen LogP contribution in [0.1, 0.15) is 18.4 Å². The molecular weight excluding hydrogens is 216 g/mol. The molecule has 2 heterocycles. The van der Waals surface area contributed by atoms with E-state index in [0.29, 0.717) is 0 Å². The lowest BCUT2D eigenvalue weighted by molar-refractivity contribution is 0.569. The van der Waals surface area contributed by atoms with Crippen molar-refractivity contribution in [3.63, 3.8) is 0 Å². The van der Waals surface area contributed by atoms with Crippen molar-refractivity contribution in [3.8, 4) is 0 Å². The van der Waals surface area contributed by atoms with Crippen molar-refractivity contribution in [3.05, 3.63) is 30.1 Å². The highest BCUT2D eigenvalue weighted by molar-refractivity contribution is 4.94. The van der Waals surface area contributed by atoms with Crippen LogP contribution in [-0.4, -0.2) is 31.1 Å². The Balaban J connectivity index is 1.87. The second-order valence-electron chi connectivity index (χ2n) is 3.96. The third kappa shape index (κ3) is 3.13. The van der Waals surface area contributed by atoms with Gasteiger partial charge in [-0.3, -0.25) is 4.68 Å². The van der Waals surface area contributed by atoms with Crippen molar-refractivity contribution in [2.45, 2.75) is 26.4 Å². The van der Waals surface area contributed by atoms with E-state index in [2.05, 4.69) is 27.5 Å². The molecule has 6 nitrogen and oxygen atoms in total. The number of aromatic nitrogens is 5. The summed E-state index contributed by atoms with van der Waals surface area (Å²) in [6.45, 7) is 4.61. The van der Waals surface area contributed by atoms with E-state index in [0.717, 1.165) is 37.6 Å². The fourth-order valence-electron chi connectivity index (χ4n) is 1.63. The summed E-state index contributed by atoms with van der Waals surface area (Å²) in [7, 11) is 2.00. The molecule has 0 aromatic carbocycles. The van der Waals surface area contributed by atoms with Gasteiger partial charge in [0.1, 0.15) is 5.82 Å². The highest BCUT2D eigenvalue weighted by atomic mass is 15.4. The summed E-state index contributed by atoms with van der Waals surface area (Å²) >= 11 is 0. The SMILES string of the molecule is CCNCc1cn(CCc2nccn2C)nn1. The van der Waals surface area contributed by atoms with Gasteiger partial charge in [0.2, 0.25) is 0 Å².